The lowest BCUT2D eigenvalue weighted by Crippen LogP contribution is -2.14. The number of benzene rings is 1. The van der Waals surface area contributed by atoms with E-state index in [0.717, 1.165) is 22.8 Å². The summed E-state index contributed by atoms with van der Waals surface area (Å²) < 4.78 is 68.1. The summed E-state index contributed by atoms with van der Waals surface area (Å²) in [5, 5.41) is 0. The van der Waals surface area contributed by atoms with Crippen LogP contribution in [0.4, 0.5) is 22.0 Å². The largest absolute Gasteiger partial charge is 0.431 e. The van der Waals surface area contributed by atoms with E-state index in [1.807, 2.05) is 0 Å². The van der Waals surface area contributed by atoms with Crippen LogP contribution in [-0.4, -0.2) is 9.55 Å². The predicted molar refractivity (Wildman–Crippen MR) is 82.6 cm³/mol. The molecule has 0 aliphatic heterocycles. The number of nitrogens with zero attached hydrogens (tertiary/aromatic N) is 2. The summed E-state index contributed by atoms with van der Waals surface area (Å²) in [6.45, 7) is 1.37. The number of hydrogen-bond acceptors (Lipinski definition) is 1. The van der Waals surface area contributed by atoms with E-state index >= 15 is 0 Å². The molecule has 3 aromatic rings. The Labute approximate surface area is 142 Å². The molecule has 0 spiro atoms. The molecule has 0 bridgehead atoms. The number of pyridine rings is 1. The van der Waals surface area contributed by atoms with Crippen LogP contribution in [0, 0.1) is 18.6 Å². The highest BCUT2D eigenvalue weighted by atomic mass is 79.9. The third-order valence-electron chi connectivity index (χ3n) is 3.57. The molecule has 24 heavy (non-hydrogen) atoms. The molecule has 2 aromatic heterocycles. The van der Waals surface area contributed by atoms with Crippen molar-refractivity contribution < 1.29 is 22.0 Å². The van der Waals surface area contributed by atoms with Crippen LogP contribution in [-0.2, 0) is 12.7 Å². The van der Waals surface area contributed by atoms with Crippen LogP contribution in [0.1, 0.15) is 16.8 Å². The van der Waals surface area contributed by atoms with Crippen LogP contribution in [0.15, 0.2) is 34.9 Å². The Balaban J connectivity index is 2.22. The van der Waals surface area contributed by atoms with E-state index in [1.165, 1.54) is 0 Å². The van der Waals surface area contributed by atoms with Crippen LogP contribution in [0.3, 0.4) is 0 Å². The first-order chi connectivity index (χ1) is 11.1. The van der Waals surface area contributed by atoms with Crippen LogP contribution in [0.5, 0.6) is 0 Å². The number of rotatable bonds is 2. The normalized spacial score (nSPS) is 12.1. The van der Waals surface area contributed by atoms with Gasteiger partial charge in [0.25, 0.3) is 0 Å². The zero-order valence-corrected chi connectivity index (χ0v) is 13.8. The maximum Gasteiger partial charge on any atom is 0.431 e. The first-order valence-electron chi connectivity index (χ1n) is 6.83. The molecule has 0 amide bonds. The Kier molecular flexibility index (Phi) is 4.11. The monoisotopic (exact) mass is 404 g/mol. The van der Waals surface area contributed by atoms with Crippen molar-refractivity contribution in [3.8, 4) is 0 Å². The zero-order valence-electron chi connectivity index (χ0n) is 12.3. The van der Waals surface area contributed by atoms with Gasteiger partial charge in [0.2, 0.25) is 0 Å². The molecule has 0 N–H and O–H groups in total. The molecule has 0 aliphatic rings. The number of aryl methyl sites for hydroxylation is 1. The maximum absolute atomic E-state index is 13.3. The van der Waals surface area contributed by atoms with E-state index < -0.39 is 23.5 Å². The molecule has 0 atom stereocenters. The van der Waals surface area contributed by atoms with E-state index in [1.54, 1.807) is 13.0 Å². The fraction of sp³-hybridized carbons (Fsp3) is 0.188. The molecular weight excluding hydrogens is 395 g/mol. The summed E-state index contributed by atoms with van der Waals surface area (Å²) in [6.07, 6.45) is -4.62. The van der Waals surface area contributed by atoms with E-state index in [-0.39, 0.29) is 23.1 Å². The van der Waals surface area contributed by atoms with Crippen molar-refractivity contribution in [2.45, 2.75) is 19.6 Å². The molecule has 2 heterocycles. The molecular formula is C16H10BrF5N2. The van der Waals surface area contributed by atoms with Crippen LogP contribution in [0.2, 0.25) is 0 Å². The van der Waals surface area contributed by atoms with Gasteiger partial charge in [-0.25, -0.2) is 13.8 Å². The molecule has 0 saturated heterocycles. The highest BCUT2D eigenvalue weighted by molar-refractivity contribution is 9.10. The molecule has 8 heteroatoms. The van der Waals surface area contributed by atoms with Crippen molar-refractivity contribution in [1.82, 2.24) is 9.55 Å². The van der Waals surface area contributed by atoms with Crippen molar-refractivity contribution in [3.63, 3.8) is 0 Å². The van der Waals surface area contributed by atoms with Crippen molar-refractivity contribution in [3.05, 3.63) is 63.4 Å². The van der Waals surface area contributed by atoms with E-state index in [2.05, 4.69) is 20.9 Å². The quantitative estimate of drug-likeness (QED) is 0.410. The summed E-state index contributed by atoms with van der Waals surface area (Å²) in [5.74, 6) is -1.68. The first-order valence-corrected chi connectivity index (χ1v) is 7.63. The van der Waals surface area contributed by atoms with Gasteiger partial charge < -0.3 is 4.57 Å². The number of aromatic nitrogens is 2. The summed E-state index contributed by atoms with van der Waals surface area (Å²) >= 11 is 3.19. The van der Waals surface area contributed by atoms with Crippen LogP contribution in [0.25, 0.3) is 11.0 Å². The Morgan fingerprint density at radius 3 is 2.25 bits per heavy atom. The Morgan fingerprint density at radius 2 is 1.67 bits per heavy atom. The summed E-state index contributed by atoms with van der Waals surface area (Å²) in [5.41, 5.74) is 0.216. The van der Waals surface area contributed by atoms with E-state index in [0.29, 0.717) is 16.2 Å². The maximum atomic E-state index is 13.3. The Hall–Kier alpha value is -1.96. The van der Waals surface area contributed by atoms with Crippen LogP contribution < -0.4 is 0 Å². The molecule has 0 radical (unpaired) electrons. The minimum absolute atomic E-state index is 0.0936. The summed E-state index contributed by atoms with van der Waals surface area (Å²) in [4.78, 5) is 4.09. The lowest BCUT2D eigenvalue weighted by atomic mass is 10.2. The molecule has 0 fully saturated rings. The van der Waals surface area contributed by atoms with Gasteiger partial charge in [0.15, 0.2) is 0 Å². The molecule has 1 aromatic carbocycles. The average Bonchev–Trinajstić information content (AvgIpc) is 2.76. The molecule has 0 saturated carbocycles. The van der Waals surface area contributed by atoms with Gasteiger partial charge in [-0.3, -0.25) is 0 Å². The van der Waals surface area contributed by atoms with Gasteiger partial charge in [-0.15, -0.1) is 0 Å². The highest BCUT2D eigenvalue weighted by Crippen LogP contribution is 2.35. The minimum Gasteiger partial charge on any atom is -0.331 e. The lowest BCUT2D eigenvalue weighted by molar-refractivity contribution is -0.143. The number of alkyl halides is 3. The third kappa shape index (κ3) is 3.15. The standard InChI is InChI=1S/C16H10BrF5N2/c1-8-2-13-12(23-15(8)17)6-14(16(20,21)22)24(13)7-9-3-10(18)5-11(19)4-9/h2-6H,7H2,1H3. The smallest absolute Gasteiger partial charge is 0.331 e. The van der Waals surface area contributed by atoms with Crippen molar-refractivity contribution in [2.24, 2.45) is 0 Å². The number of hydrogen-bond donors (Lipinski definition) is 0. The van der Waals surface area contributed by atoms with Crippen molar-refractivity contribution >= 4 is 27.0 Å². The van der Waals surface area contributed by atoms with E-state index in [4.69, 9.17) is 0 Å². The average molecular weight is 405 g/mol. The molecule has 3 rings (SSSR count). The van der Waals surface area contributed by atoms with Crippen molar-refractivity contribution in [2.75, 3.05) is 0 Å². The SMILES string of the molecule is Cc1cc2c(cc(C(F)(F)F)n2Cc2cc(F)cc(F)c2)nc1Br. The molecule has 0 unspecified atom stereocenters. The molecule has 0 aliphatic carbocycles. The highest BCUT2D eigenvalue weighted by Gasteiger charge is 2.35. The summed E-state index contributed by atoms with van der Waals surface area (Å²) in [6, 6.07) is 5.17. The molecule has 2 nitrogen and oxygen atoms in total. The second-order valence-corrected chi connectivity index (χ2v) is 6.14. The number of fused-ring (bicyclic) bond motifs is 1. The van der Waals surface area contributed by atoms with Gasteiger partial charge in [-0.1, -0.05) is 0 Å². The molecule has 126 valence electrons. The van der Waals surface area contributed by atoms with Gasteiger partial charge in [0, 0.05) is 12.6 Å². The predicted octanol–water partition coefficient (Wildman–Crippen LogP) is 5.45. The lowest BCUT2D eigenvalue weighted by Gasteiger charge is -2.13. The Bertz CT molecular complexity index is 910. The fourth-order valence-electron chi connectivity index (χ4n) is 2.54. The van der Waals surface area contributed by atoms with Gasteiger partial charge in [-0.05, 0) is 58.2 Å². The Morgan fingerprint density at radius 1 is 1.04 bits per heavy atom. The van der Waals surface area contributed by atoms with E-state index in [9.17, 15) is 22.0 Å². The summed E-state index contributed by atoms with van der Waals surface area (Å²) in [7, 11) is 0. The second-order valence-electron chi connectivity index (χ2n) is 5.39. The second kappa shape index (κ2) is 5.84. The number of halogens is 6. The topological polar surface area (TPSA) is 17.8 Å². The van der Waals surface area contributed by atoms with Gasteiger partial charge in [0.1, 0.15) is 21.9 Å². The van der Waals surface area contributed by atoms with Gasteiger partial charge in [-0.2, -0.15) is 13.2 Å². The third-order valence-corrected chi connectivity index (χ3v) is 4.37. The minimum atomic E-state index is -4.62. The zero-order chi connectivity index (χ0) is 17.6. The first kappa shape index (κ1) is 16.9. The van der Waals surface area contributed by atoms with Crippen LogP contribution >= 0.6 is 15.9 Å². The fourth-order valence-corrected chi connectivity index (χ4v) is 2.84. The van der Waals surface area contributed by atoms with Gasteiger partial charge >= 0.3 is 6.18 Å². The van der Waals surface area contributed by atoms with Crippen molar-refractivity contribution in [1.29, 1.82) is 0 Å². The van der Waals surface area contributed by atoms with Gasteiger partial charge in [0.05, 0.1) is 11.0 Å².